The molecule has 2 rings (SSSR count). The average Bonchev–Trinajstić information content (AvgIpc) is 2.69. The normalized spacial score (nSPS) is 34.6. The van der Waals surface area contributed by atoms with Crippen molar-refractivity contribution >= 4 is 5.91 Å². The van der Waals surface area contributed by atoms with Crippen LogP contribution in [0.5, 0.6) is 0 Å². The zero-order chi connectivity index (χ0) is 13.1. The standard InChI is InChI=1S/C15H28N2O/c1-11-7-13(3)17(10-11)15(18)8-12(2)14-5-4-6-16-9-14/h11-14,16H,4-10H2,1-3H3. The van der Waals surface area contributed by atoms with Gasteiger partial charge < -0.3 is 10.2 Å². The van der Waals surface area contributed by atoms with E-state index in [1.165, 1.54) is 19.3 Å². The van der Waals surface area contributed by atoms with Gasteiger partial charge >= 0.3 is 0 Å². The summed E-state index contributed by atoms with van der Waals surface area (Å²) in [5.41, 5.74) is 0. The summed E-state index contributed by atoms with van der Waals surface area (Å²) in [6, 6.07) is 0.448. The van der Waals surface area contributed by atoms with Crippen LogP contribution in [0.2, 0.25) is 0 Å². The highest BCUT2D eigenvalue weighted by molar-refractivity contribution is 5.77. The summed E-state index contributed by atoms with van der Waals surface area (Å²) in [5.74, 6) is 2.27. The fourth-order valence-corrected chi connectivity index (χ4v) is 3.57. The molecule has 3 nitrogen and oxygen atoms in total. The van der Waals surface area contributed by atoms with Gasteiger partial charge in [0, 0.05) is 19.0 Å². The van der Waals surface area contributed by atoms with Crippen molar-refractivity contribution in [2.24, 2.45) is 17.8 Å². The highest BCUT2D eigenvalue weighted by atomic mass is 16.2. The van der Waals surface area contributed by atoms with Gasteiger partial charge in [-0.15, -0.1) is 0 Å². The number of hydrogen-bond donors (Lipinski definition) is 1. The summed E-state index contributed by atoms with van der Waals surface area (Å²) in [5, 5.41) is 3.45. The van der Waals surface area contributed by atoms with Crippen LogP contribution in [0.3, 0.4) is 0 Å². The first-order valence-electron chi connectivity index (χ1n) is 7.58. The van der Waals surface area contributed by atoms with Crippen LogP contribution in [0.25, 0.3) is 0 Å². The maximum absolute atomic E-state index is 12.4. The van der Waals surface area contributed by atoms with E-state index in [2.05, 4.69) is 31.0 Å². The number of likely N-dealkylation sites (tertiary alicyclic amines) is 1. The van der Waals surface area contributed by atoms with Crippen LogP contribution >= 0.6 is 0 Å². The molecule has 0 radical (unpaired) electrons. The van der Waals surface area contributed by atoms with Crippen molar-refractivity contribution in [2.45, 2.75) is 52.5 Å². The molecule has 0 bridgehead atoms. The first-order chi connectivity index (χ1) is 8.58. The minimum Gasteiger partial charge on any atom is -0.340 e. The molecule has 0 aromatic rings. The van der Waals surface area contributed by atoms with E-state index in [0.717, 1.165) is 26.1 Å². The molecule has 104 valence electrons. The van der Waals surface area contributed by atoms with Crippen molar-refractivity contribution in [3.05, 3.63) is 0 Å². The number of piperidine rings is 1. The third-order valence-corrected chi connectivity index (χ3v) is 4.74. The van der Waals surface area contributed by atoms with E-state index in [-0.39, 0.29) is 0 Å². The lowest BCUT2D eigenvalue weighted by Crippen LogP contribution is -2.38. The molecule has 2 saturated heterocycles. The van der Waals surface area contributed by atoms with Crippen LogP contribution < -0.4 is 5.32 Å². The zero-order valence-electron chi connectivity index (χ0n) is 12.1. The molecule has 18 heavy (non-hydrogen) atoms. The minimum absolute atomic E-state index is 0.380. The van der Waals surface area contributed by atoms with Crippen LogP contribution in [0.4, 0.5) is 0 Å². The lowest BCUT2D eigenvalue weighted by molar-refractivity contribution is -0.133. The Hall–Kier alpha value is -0.570. The van der Waals surface area contributed by atoms with E-state index in [1.807, 2.05) is 0 Å². The Morgan fingerprint density at radius 1 is 1.44 bits per heavy atom. The number of nitrogens with one attached hydrogen (secondary N) is 1. The third kappa shape index (κ3) is 3.25. The van der Waals surface area contributed by atoms with Crippen LogP contribution in [-0.4, -0.2) is 36.5 Å². The molecule has 0 saturated carbocycles. The molecule has 1 amide bonds. The summed E-state index contributed by atoms with van der Waals surface area (Å²) in [6.45, 7) is 9.90. The second-order valence-corrected chi connectivity index (χ2v) is 6.52. The van der Waals surface area contributed by atoms with Gasteiger partial charge in [-0.25, -0.2) is 0 Å². The Morgan fingerprint density at radius 2 is 2.22 bits per heavy atom. The SMILES string of the molecule is CC1CC(C)N(C(=O)CC(C)C2CCCNC2)C1. The van der Waals surface area contributed by atoms with Crippen molar-refractivity contribution in [2.75, 3.05) is 19.6 Å². The first kappa shape index (κ1) is 13.9. The number of nitrogens with zero attached hydrogens (tertiary/aromatic N) is 1. The van der Waals surface area contributed by atoms with Crippen LogP contribution in [0.1, 0.15) is 46.5 Å². The molecule has 4 unspecified atom stereocenters. The Kier molecular flexibility index (Phi) is 4.66. The first-order valence-corrected chi connectivity index (χ1v) is 7.58. The van der Waals surface area contributed by atoms with Gasteiger partial charge in [0.15, 0.2) is 0 Å². The van der Waals surface area contributed by atoms with E-state index < -0.39 is 0 Å². The molecule has 0 aromatic heterocycles. The highest BCUT2D eigenvalue weighted by Gasteiger charge is 2.31. The van der Waals surface area contributed by atoms with Gasteiger partial charge in [-0.05, 0) is 57.0 Å². The van der Waals surface area contributed by atoms with E-state index in [1.54, 1.807) is 0 Å². The number of amides is 1. The minimum atomic E-state index is 0.380. The van der Waals surface area contributed by atoms with E-state index in [4.69, 9.17) is 0 Å². The van der Waals surface area contributed by atoms with E-state index >= 15 is 0 Å². The molecule has 0 aromatic carbocycles. The van der Waals surface area contributed by atoms with E-state index in [9.17, 15) is 4.79 Å². The van der Waals surface area contributed by atoms with Crippen molar-refractivity contribution in [3.8, 4) is 0 Å². The lowest BCUT2D eigenvalue weighted by atomic mass is 9.85. The fraction of sp³-hybridized carbons (Fsp3) is 0.933. The molecule has 2 aliphatic rings. The third-order valence-electron chi connectivity index (χ3n) is 4.74. The summed E-state index contributed by atoms with van der Waals surface area (Å²) >= 11 is 0. The number of carbonyl (C=O) groups excluding carboxylic acids is 1. The van der Waals surface area contributed by atoms with Gasteiger partial charge in [-0.2, -0.15) is 0 Å². The van der Waals surface area contributed by atoms with Gasteiger partial charge in [0.2, 0.25) is 5.91 Å². The molecule has 2 aliphatic heterocycles. The van der Waals surface area contributed by atoms with E-state index in [0.29, 0.717) is 29.7 Å². The van der Waals surface area contributed by atoms with Crippen LogP contribution in [0, 0.1) is 17.8 Å². The monoisotopic (exact) mass is 252 g/mol. The Bertz CT molecular complexity index is 286. The van der Waals surface area contributed by atoms with Crippen LogP contribution in [-0.2, 0) is 4.79 Å². The molecule has 1 N–H and O–H groups in total. The average molecular weight is 252 g/mol. The summed E-state index contributed by atoms with van der Waals surface area (Å²) in [4.78, 5) is 14.5. The molecule has 2 heterocycles. The fourth-order valence-electron chi connectivity index (χ4n) is 3.57. The summed E-state index contributed by atoms with van der Waals surface area (Å²) < 4.78 is 0. The second-order valence-electron chi connectivity index (χ2n) is 6.52. The van der Waals surface area contributed by atoms with Crippen molar-refractivity contribution in [1.82, 2.24) is 10.2 Å². The maximum atomic E-state index is 12.4. The Morgan fingerprint density at radius 3 is 2.78 bits per heavy atom. The molecular weight excluding hydrogens is 224 g/mol. The number of carbonyl (C=O) groups is 1. The number of hydrogen-bond acceptors (Lipinski definition) is 2. The van der Waals surface area contributed by atoms with Crippen molar-refractivity contribution in [3.63, 3.8) is 0 Å². The summed E-state index contributed by atoms with van der Waals surface area (Å²) in [6.07, 6.45) is 4.46. The molecule has 0 spiro atoms. The molecular formula is C15H28N2O. The van der Waals surface area contributed by atoms with Crippen LogP contribution in [0.15, 0.2) is 0 Å². The predicted molar refractivity (Wildman–Crippen MR) is 74.3 cm³/mol. The number of rotatable bonds is 3. The topological polar surface area (TPSA) is 32.3 Å². The van der Waals surface area contributed by atoms with Gasteiger partial charge in [-0.1, -0.05) is 13.8 Å². The predicted octanol–water partition coefficient (Wildman–Crippen LogP) is 2.27. The smallest absolute Gasteiger partial charge is 0.223 e. The quantitative estimate of drug-likeness (QED) is 0.835. The Labute approximate surface area is 111 Å². The van der Waals surface area contributed by atoms with Crippen molar-refractivity contribution in [1.29, 1.82) is 0 Å². The molecule has 3 heteroatoms. The second kappa shape index (κ2) is 6.05. The lowest BCUT2D eigenvalue weighted by Gasteiger charge is -2.30. The van der Waals surface area contributed by atoms with Gasteiger partial charge in [0.1, 0.15) is 0 Å². The molecule has 2 fully saturated rings. The van der Waals surface area contributed by atoms with Gasteiger partial charge in [0.05, 0.1) is 0 Å². The summed E-state index contributed by atoms with van der Waals surface area (Å²) in [7, 11) is 0. The van der Waals surface area contributed by atoms with Gasteiger partial charge in [0.25, 0.3) is 0 Å². The largest absolute Gasteiger partial charge is 0.340 e. The van der Waals surface area contributed by atoms with Crippen molar-refractivity contribution < 1.29 is 4.79 Å². The zero-order valence-corrected chi connectivity index (χ0v) is 12.1. The molecule has 0 aliphatic carbocycles. The molecule has 4 atom stereocenters. The maximum Gasteiger partial charge on any atom is 0.223 e. The van der Waals surface area contributed by atoms with Gasteiger partial charge in [-0.3, -0.25) is 4.79 Å². The Balaban J connectivity index is 1.82. The highest BCUT2D eigenvalue weighted by Crippen LogP contribution is 2.27.